The molecule has 1 amide bonds. The minimum absolute atomic E-state index is 0.0393. The smallest absolute Gasteiger partial charge is 0.240 e. The number of amides is 1. The highest BCUT2D eigenvalue weighted by atomic mass is 32.2. The summed E-state index contributed by atoms with van der Waals surface area (Å²) in [5.41, 5.74) is 3.19. The van der Waals surface area contributed by atoms with Crippen LogP contribution in [-0.4, -0.2) is 17.2 Å². The number of hydrogen-bond acceptors (Lipinski definition) is 3. The molecule has 2 atom stereocenters. The van der Waals surface area contributed by atoms with Gasteiger partial charge in [0.05, 0.1) is 10.9 Å². The molecule has 0 fully saturated rings. The molecule has 2 aromatic carbocycles. The van der Waals surface area contributed by atoms with E-state index in [4.69, 9.17) is 0 Å². The van der Waals surface area contributed by atoms with E-state index in [1.54, 1.807) is 11.8 Å². The van der Waals surface area contributed by atoms with Gasteiger partial charge in [-0.25, -0.2) is 0 Å². The first-order valence-corrected chi connectivity index (χ1v) is 10.9. The number of rotatable bonds is 8. The summed E-state index contributed by atoms with van der Waals surface area (Å²) in [5.74, 6) is 0.235. The summed E-state index contributed by atoms with van der Waals surface area (Å²) in [4.78, 5) is 16.1. The van der Waals surface area contributed by atoms with Gasteiger partial charge in [-0.1, -0.05) is 50.8 Å². The second-order valence-corrected chi connectivity index (χ2v) is 8.72. The molecule has 0 radical (unpaired) electrons. The van der Waals surface area contributed by atoms with Crippen molar-refractivity contribution in [3.05, 3.63) is 48.5 Å². The Kier molecular flexibility index (Phi) is 6.84. The number of carbonyl (C=O) groups is 1. The van der Waals surface area contributed by atoms with Crippen LogP contribution in [0.5, 0.6) is 0 Å². The maximum Gasteiger partial charge on any atom is 0.240 e. The minimum atomic E-state index is -0.0393. The molecular formula is C23H30N2OS. The highest BCUT2D eigenvalue weighted by molar-refractivity contribution is 8.01. The summed E-state index contributed by atoms with van der Waals surface area (Å²) in [6.07, 6.45) is 6.01. The number of para-hydroxylation sites is 1. The van der Waals surface area contributed by atoms with E-state index in [0.717, 1.165) is 23.5 Å². The van der Waals surface area contributed by atoms with Crippen molar-refractivity contribution in [2.24, 2.45) is 0 Å². The number of fused-ring (bicyclic) bond motifs is 1. The van der Waals surface area contributed by atoms with Gasteiger partial charge in [0.1, 0.15) is 0 Å². The van der Waals surface area contributed by atoms with E-state index in [-0.39, 0.29) is 17.2 Å². The average molecular weight is 383 g/mol. The van der Waals surface area contributed by atoms with E-state index in [1.165, 1.54) is 30.6 Å². The fourth-order valence-corrected chi connectivity index (χ4v) is 4.66. The molecule has 1 aliphatic rings. The van der Waals surface area contributed by atoms with E-state index >= 15 is 0 Å². The van der Waals surface area contributed by atoms with Crippen LogP contribution in [0.1, 0.15) is 52.9 Å². The molecule has 27 heavy (non-hydrogen) atoms. The first-order valence-electron chi connectivity index (χ1n) is 10.1. The lowest BCUT2D eigenvalue weighted by molar-refractivity contribution is -0.118. The van der Waals surface area contributed by atoms with E-state index in [0.29, 0.717) is 0 Å². The normalized spacial score (nSPS) is 17.5. The third-order valence-corrected chi connectivity index (χ3v) is 6.22. The maximum absolute atomic E-state index is 12.9. The Morgan fingerprint density at radius 1 is 1.07 bits per heavy atom. The largest absolute Gasteiger partial charge is 0.355 e. The number of carbonyl (C=O) groups excluding carboxylic acids is 1. The summed E-state index contributed by atoms with van der Waals surface area (Å²) in [5, 5.41) is 3.42. The molecule has 0 saturated carbocycles. The number of nitrogens with zero attached hydrogens (tertiary/aromatic N) is 1. The summed E-state index contributed by atoms with van der Waals surface area (Å²) < 4.78 is 0. The topological polar surface area (TPSA) is 32.3 Å². The maximum atomic E-state index is 12.9. The van der Waals surface area contributed by atoms with E-state index in [9.17, 15) is 4.79 Å². The van der Waals surface area contributed by atoms with Gasteiger partial charge >= 0.3 is 0 Å². The molecule has 0 saturated heterocycles. The van der Waals surface area contributed by atoms with Gasteiger partial charge in [-0.3, -0.25) is 4.79 Å². The van der Waals surface area contributed by atoms with Crippen molar-refractivity contribution >= 4 is 34.7 Å². The van der Waals surface area contributed by atoms with Gasteiger partial charge in [0.25, 0.3) is 0 Å². The first-order chi connectivity index (χ1) is 13.1. The Hall–Kier alpha value is -1.94. The summed E-state index contributed by atoms with van der Waals surface area (Å²) in [7, 11) is 0. The number of thioether (sulfide) groups is 1. The molecule has 4 heteroatoms. The molecular weight excluding hydrogens is 352 g/mol. The van der Waals surface area contributed by atoms with E-state index in [2.05, 4.69) is 49.5 Å². The number of hydrogen-bond donors (Lipinski definition) is 1. The highest BCUT2D eigenvalue weighted by Gasteiger charge is 2.33. The summed E-state index contributed by atoms with van der Waals surface area (Å²) in [6.45, 7) is 6.43. The van der Waals surface area contributed by atoms with Crippen molar-refractivity contribution in [1.29, 1.82) is 0 Å². The van der Waals surface area contributed by atoms with Gasteiger partial charge in [0.2, 0.25) is 5.91 Å². The van der Waals surface area contributed by atoms with Gasteiger partial charge in [0, 0.05) is 22.3 Å². The van der Waals surface area contributed by atoms with Crippen molar-refractivity contribution in [3.8, 4) is 0 Å². The van der Waals surface area contributed by atoms with Crippen LogP contribution in [0.25, 0.3) is 0 Å². The average Bonchev–Trinajstić information content (AvgIpc) is 2.67. The second-order valence-electron chi connectivity index (χ2n) is 7.34. The number of unbranched alkanes of at least 4 members (excludes halogenated alkanes) is 3. The molecule has 0 bridgehead atoms. The molecule has 1 N–H and O–H groups in total. The Labute approximate surface area is 167 Å². The van der Waals surface area contributed by atoms with Crippen LogP contribution in [0.2, 0.25) is 0 Å². The Bertz CT molecular complexity index is 762. The lowest BCUT2D eigenvalue weighted by Gasteiger charge is -2.37. The number of nitrogens with one attached hydrogen (secondary N) is 1. The highest BCUT2D eigenvalue weighted by Crippen LogP contribution is 2.42. The zero-order valence-corrected chi connectivity index (χ0v) is 17.4. The number of benzene rings is 2. The zero-order chi connectivity index (χ0) is 19.2. The predicted octanol–water partition coefficient (Wildman–Crippen LogP) is 6.62. The molecule has 144 valence electrons. The molecule has 0 aromatic heterocycles. The van der Waals surface area contributed by atoms with Crippen LogP contribution < -0.4 is 10.2 Å². The molecule has 2 aromatic rings. The fraction of sp³-hybridized carbons (Fsp3) is 0.435. The first kappa shape index (κ1) is 19.8. The van der Waals surface area contributed by atoms with Crippen LogP contribution >= 0.6 is 11.8 Å². The minimum Gasteiger partial charge on any atom is -0.355 e. The fourth-order valence-electron chi connectivity index (χ4n) is 3.58. The van der Waals surface area contributed by atoms with Gasteiger partial charge in [-0.2, -0.15) is 0 Å². The summed E-state index contributed by atoms with van der Waals surface area (Å²) in [6, 6.07) is 16.8. The third-order valence-electron chi connectivity index (χ3n) is 5.09. The van der Waals surface area contributed by atoms with Gasteiger partial charge in [-0.05, 0) is 50.6 Å². The molecule has 3 nitrogen and oxygen atoms in total. The lowest BCUT2D eigenvalue weighted by atomic mass is 10.1. The molecule has 0 aliphatic carbocycles. The SMILES string of the molecule is CCCCCCC(C)N1C(=O)C(C)Sc2cc(Nc3ccccc3)ccc21. The quantitative estimate of drug-likeness (QED) is 0.521. The van der Waals surface area contributed by atoms with Crippen molar-refractivity contribution in [2.75, 3.05) is 10.2 Å². The molecule has 1 heterocycles. The van der Waals surface area contributed by atoms with Gasteiger partial charge in [-0.15, -0.1) is 11.8 Å². The molecule has 3 rings (SSSR count). The van der Waals surface area contributed by atoms with Crippen LogP contribution in [0.15, 0.2) is 53.4 Å². The van der Waals surface area contributed by atoms with Crippen molar-refractivity contribution in [1.82, 2.24) is 0 Å². The van der Waals surface area contributed by atoms with Crippen LogP contribution in [0, 0.1) is 0 Å². The van der Waals surface area contributed by atoms with Crippen LogP contribution in [-0.2, 0) is 4.79 Å². The van der Waals surface area contributed by atoms with Gasteiger partial charge < -0.3 is 10.2 Å². The summed E-state index contributed by atoms with van der Waals surface area (Å²) >= 11 is 1.67. The second kappa shape index (κ2) is 9.32. The van der Waals surface area contributed by atoms with Crippen LogP contribution in [0.4, 0.5) is 17.1 Å². The predicted molar refractivity (Wildman–Crippen MR) is 117 cm³/mol. The molecule has 2 unspecified atom stereocenters. The molecule has 1 aliphatic heterocycles. The van der Waals surface area contributed by atoms with Gasteiger partial charge in [0.15, 0.2) is 0 Å². The van der Waals surface area contributed by atoms with Crippen molar-refractivity contribution in [3.63, 3.8) is 0 Å². The number of anilines is 3. The molecule has 0 spiro atoms. The Balaban J connectivity index is 1.78. The Morgan fingerprint density at radius 2 is 1.85 bits per heavy atom. The van der Waals surface area contributed by atoms with Crippen molar-refractivity contribution < 1.29 is 4.79 Å². The van der Waals surface area contributed by atoms with Crippen molar-refractivity contribution in [2.45, 2.75) is 69.1 Å². The standard InChI is InChI=1S/C23H30N2OS/c1-4-5-6-8-11-17(2)25-21-15-14-20(24-19-12-9-7-10-13-19)16-22(21)27-18(3)23(25)26/h7,9-10,12-18,24H,4-6,8,11H2,1-3H3. The lowest BCUT2D eigenvalue weighted by Crippen LogP contribution is -2.45. The van der Waals surface area contributed by atoms with E-state index < -0.39 is 0 Å². The van der Waals surface area contributed by atoms with Crippen LogP contribution in [0.3, 0.4) is 0 Å². The third kappa shape index (κ3) is 4.86. The monoisotopic (exact) mass is 382 g/mol. The Morgan fingerprint density at radius 3 is 2.59 bits per heavy atom. The van der Waals surface area contributed by atoms with E-state index in [1.807, 2.05) is 30.0 Å². The zero-order valence-electron chi connectivity index (χ0n) is 16.6.